The number of aryl methyl sites for hydroxylation is 1. The van der Waals surface area contributed by atoms with E-state index in [0.717, 1.165) is 36.5 Å². The first-order valence-corrected chi connectivity index (χ1v) is 10.9. The summed E-state index contributed by atoms with van der Waals surface area (Å²) in [4.78, 5) is 31.1. The smallest absolute Gasteiger partial charge is 0.335 e. The highest BCUT2D eigenvalue weighted by molar-refractivity contribution is 7.13. The second-order valence-electron chi connectivity index (χ2n) is 7.50. The monoisotopic (exact) mass is 425 g/mol. The van der Waals surface area contributed by atoms with Crippen LogP contribution in [0.2, 0.25) is 0 Å². The number of carbonyl (C=O) groups excluding carboxylic acids is 1. The number of benzene rings is 1. The van der Waals surface area contributed by atoms with Gasteiger partial charge in [0.15, 0.2) is 0 Å². The normalized spacial score (nSPS) is 16.5. The van der Waals surface area contributed by atoms with Crippen molar-refractivity contribution >= 4 is 23.2 Å². The molecule has 9 heteroatoms. The van der Waals surface area contributed by atoms with Crippen molar-refractivity contribution in [2.24, 2.45) is 5.92 Å². The average Bonchev–Trinajstić information content (AvgIpc) is 3.44. The zero-order valence-electron chi connectivity index (χ0n) is 16.5. The molecule has 1 aliphatic rings. The third kappa shape index (κ3) is 4.73. The number of hydrogen-bond acceptors (Lipinski definition) is 6. The topological polar surface area (TPSA) is 101 Å². The second kappa shape index (κ2) is 9.17. The van der Waals surface area contributed by atoms with Crippen LogP contribution in [0.15, 0.2) is 42.2 Å². The Bertz CT molecular complexity index is 1020. The first-order chi connectivity index (χ1) is 14.6. The number of amides is 1. The summed E-state index contributed by atoms with van der Waals surface area (Å²) in [6, 6.07) is 6.87. The molecule has 1 atom stereocenters. The number of hydrogen-bond donors (Lipinski definition) is 1. The van der Waals surface area contributed by atoms with Gasteiger partial charge in [-0.1, -0.05) is 23.4 Å². The van der Waals surface area contributed by atoms with Crippen molar-refractivity contribution in [2.45, 2.75) is 32.2 Å². The number of thiazole rings is 1. The average molecular weight is 426 g/mol. The van der Waals surface area contributed by atoms with Gasteiger partial charge in [0.2, 0.25) is 5.91 Å². The predicted octanol–water partition coefficient (Wildman–Crippen LogP) is 2.97. The summed E-state index contributed by atoms with van der Waals surface area (Å²) in [7, 11) is 0. The van der Waals surface area contributed by atoms with Gasteiger partial charge in [-0.25, -0.2) is 4.79 Å². The van der Waals surface area contributed by atoms with E-state index < -0.39 is 5.97 Å². The minimum absolute atomic E-state index is 0.0730. The van der Waals surface area contributed by atoms with E-state index in [4.69, 9.17) is 0 Å². The number of aromatic nitrogens is 4. The highest BCUT2D eigenvalue weighted by atomic mass is 32.1. The summed E-state index contributed by atoms with van der Waals surface area (Å²) in [6.45, 7) is 2.16. The first-order valence-electron chi connectivity index (χ1n) is 9.98. The maximum atomic E-state index is 12.7. The molecule has 1 fully saturated rings. The number of aromatic carboxylic acids is 1. The predicted molar refractivity (Wildman–Crippen MR) is 112 cm³/mol. The highest BCUT2D eigenvalue weighted by Gasteiger charge is 2.24. The van der Waals surface area contributed by atoms with E-state index in [-0.39, 0.29) is 11.5 Å². The minimum Gasteiger partial charge on any atom is -0.478 e. The Kier molecular flexibility index (Phi) is 6.18. The highest BCUT2D eigenvalue weighted by Crippen LogP contribution is 2.23. The number of rotatable bonds is 7. The molecule has 0 saturated carbocycles. The Morgan fingerprint density at radius 1 is 1.27 bits per heavy atom. The van der Waals surface area contributed by atoms with Crippen LogP contribution in [-0.2, 0) is 17.8 Å². The number of nitrogens with zero attached hydrogens (tertiary/aromatic N) is 5. The van der Waals surface area contributed by atoms with Gasteiger partial charge in [0.1, 0.15) is 5.69 Å². The van der Waals surface area contributed by atoms with E-state index >= 15 is 0 Å². The van der Waals surface area contributed by atoms with Gasteiger partial charge in [0.25, 0.3) is 0 Å². The fourth-order valence-corrected chi connectivity index (χ4v) is 4.47. The number of piperidine rings is 1. The largest absolute Gasteiger partial charge is 0.478 e. The lowest BCUT2D eigenvalue weighted by Gasteiger charge is -2.32. The van der Waals surface area contributed by atoms with E-state index in [0.29, 0.717) is 30.9 Å². The van der Waals surface area contributed by atoms with Crippen LogP contribution in [0.25, 0.3) is 10.6 Å². The molecule has 1 aromatic carbocycles. The minimum atomic E-state index is -0.957. The molecule has 4 rings (SSSR count). The standard InChI is InChI=1S/C21H23N5O3S/c27-20(8-7-16-5-1-2-6-17(16)21(28)29)25-9-3-4-15(11-25)12-26-13-18(23-24-26)19-10-22-14-30-19/h1-2,5-6,10,13-15H,3-4,7-9,11-12H2,(H,28,29). The Morgan fingerprint density at radius 2 is 2.13 bits per heavy atom. The summed E-state index contributed by atoms with van der Waals surface area (Å²) >= 11 is 1.53. The molecule has 0 spiro atoms. The molecule has 1 saturated heterocycles. The van der Waals surface area contributed by atoms with Crippen LogP contribution in [0.3, 0.4) is 0 Å². The van der Waals surface area contributed by atoms with Crippen molar-refractivity contribution < 1.29 is 14.7 Å². The van der Waals surface area contributed by atoms with Gasteiger partial charge in [-0.15, -0.1) is 16.4 Å². The van der Waals surface area contributed by atoms with Crippen molar-refractivity contribution in [3.8, 4) is 10.6 Å². The molecule has 156 valence electrons. The van der Waals surface area contributed by atoms with E-state index in [9.17, 15) is 14.7 Å². The number of carbonyl (C=O) groups is 2. The zero-order valence-corrected chi connectivity index (χ0v) is 17.3. The Hall–Kier alpha value is -3.07. The Morgan fingerprint density at radius 3 is 2.93 bits per heavy atom. The lowest BCUT2D eigenvalue weighted by atomic mass is 9.97. The lowest BCUT2D eigenvalue weighted by molar-refractivity contribution is -0.133. The Labute approximate surface area is 178 Å². The number of likely N-dealkylation sites (tertiary alicyclic amines) is 1. The molecular weight excluding hydrogens is 402 g/mol. The quantitative estimate of drug-likeness (QED) is 0.624. The molecule has 30 heavy (non-hydrogen) atoms. The van der Waals surface area contributed by atoms with Crippen LogP contribution in [0.1, 0.15) is 35.2 Å². The second-order valence-corrected chi connectivity index (χ2v) is 8.39. The Balaban J connectivity index is 1.32. The molecule has 0 bridgehead atoms. The molecule has 0 radical (unpaired) electrons. The molecule has 1 N–H and O–H groups in total. The van der Waals surface area contributed by atoms with E-state index in [2.05, 4.69) is 15.3 Å². The summed E-state index contributed by atoms with van der Waals surface area (Å²) in [5.41, 5.74) is 3.56. The van der Waals surface area contributed by atoms with Crippen LogP contribution in [-0.4, -0.2) is 55.0 Å². The van der Waals surface area contributed by atoms with Crippen LogP contribution in [0.4, 0.5) is 0 Å². The molecule has 3 heterocycles. The first kappa shape index (κ1) is 20.2. The van der Waals surface area contributed by atoms with Crippen LogP contribution < -0.4 is 0 Å². The third-order valence-electron chi connectivity index (χ3n) is 5.40. The van der Waals surface area contributed by atoms with Gasteiger partial charge in [-0.05, 0) is 36.8 Å². The van der Waals surface area contributed by atoms with Crippen molar-refractivity contribution in [3.63, 3.8) is 0 Å². The van der Waals surface area contributed by atoms with Gasteiger partial charge in [-0.2, -0.15) is 0 Å². The molecular formula is C21H23N5O3S. The molecule has 1 aliphatic heterocycles. The van der Waals surface area contributed by atoms with E-state index in [1.165, 1.54) is 11.3 Å². The van der Waals surface area contributed by atoms with Crippen molar-refractivity contribution in [1.82, 2.24) is 24.9 Å². The maximum absolute atomic E-state index is 12.7. The fourth-order valence-electron chi connectivity index (χ4n) is 3.89. The fraction of sp³-hybridized carbons (Fsp3) is 0.381. The summed E-state index contributed by atoms with van der Waals surface area (Å²) < 4.78 is 1.84. The van der Waals surface area contributed by atoms with Gasteiger partial charge in [0.05, 0.1) is 22.1 Å². The van der Waals surface area contributed by atoms with Gasteiger partial charge in [-0.3, -0.25) is 14.5 Å². The van der Waals surface area contributed by atoms with Crippen LogP contribution in [0.5, 0.6) is 0 Å². The van der Waals surface area contributed by atoms with E-state index in [1.807, 2.05) is 21.8 Å². The van der Waals surface area contributed by atoms with Gasteiger partial charge < -0.3 is 10.0 Å². The maximum Gasteiger partial charge on any atom is 0.335 e. The summed E-state index contributed by atoms with van der Waals surface area (Å²) in [5, 5.41) is 17.7. The lowest BCUT2D eigenvalue weighted by Crippen LogP contribution is -2.41. The van der Waals surface area contributed by atoms with Crippen LogP contribution >= 0.6 is 11.3 Å². The van der Waals surface area contributed by atoms with Crippen molar-refractivity contribution in [3.05, 3.63) is 53.3 Å². The molecule has 8 nitrogen and oxygen atoms in total. The SMILES string of the molecule is O=C(O)c1ccccc1CCC(=O)N1CCCC(Cn2cc(-c3cncs3)nn2)C1. The number of carboxylic acids is 1. The molecule has 3 aromatic rings. The van der Waals surface area contributed by atoms with Crippen molar-refractivity contribution in [1.29, 1.82) is 0 Å². The van der Waals surface area contributed by atoms with Gasteiger partial charge in [0, 0.05) is 32.3 Å². The van der Waals surface area contributed by atoms with E-state index in [1.54, 1.807) is 29.9 Å². The molecule has 1 unspecified atom stereocenters. The molecule has 1 amide bonds. The summed E-state index contributed by atoms with van der Waals surface area (Å²) in [6.07, 6.45) is 6.46. The summed E-state index contributed by atoms with van der Waals surface area (Å²) in [5.74, 6) is -0.560. The number of carboxylic acid groups (broad SMARTS) is 1. The molecule has 2 aromatic heterocycles. The van der Waals surface area contributed by atoms with Gasteiger partial charge >= 0.3 is 5.97 Å². The zero-order chi connectivity index (χ0) is 20.9. The molecule has 0 aliphatic carbocycles. The van der Waals surface area contributed by atoms with Crippen LogP contribution in [0, 0.1) is 5.92 Å². The third-order valence-corrected chi connectivity index (χ3v) is 6.19. The van der Waals surface area contributed by atoms with Crippen molar-refractivity contribution in [2.75, 3.05) is 13.1 Å².